The van der Waals surface area contributed by atoms with Gasteiger partial charge in [-0.1, -0.05) is 17.7 Å². The molecule has 0 bridgehead atoms. The van der Waals surface area contributed by atoms with Crippen molar-refractivity contribution in [3.63, 3.8) is 0 Å². The zero-order chi connectivity index (χ0) is 17.4. The van der Waals surface area contributed by atoms with Crippen LogP contribution >= 0.6 is 22.9 Å². The fourth-order valence-electron chi connectivity index (χ4n) is 1.93. The summed E-state index contributed by atoms with van der Waals surface area (Å²) in [6, 6.07) is 5.03. The molecule has 0 saturated carbocycles. The second kappa shape index (κ2) is 9.58. The second-order valence-electron chi connectivity index (χ2n) is 5.21. The van der Waals surface area contributed by atoms with Crippen LogP contribution in [0.5, 0.6) is 0 Å². The molecule has 130 valence electrons. The van der Waals surface area contributed by atoms with E-state index in [-0.39, 0.29) is 6.03 Å². The van der Waals surface area contributed by atoms with Gasteiger partial charge in [0, 0.05) is 36.4 Å². The fourth-order valence-corrected chi connectivity index (χ4v) is 2.82. The summed E-state index contributed by atoms with van der Waals surface area (Å²) < 4.78 is 4.99. The Morgan fingerprint density at radius 2 is 2.21 bits per heavy atom. The van der Waals surface area contributed by atoms with Gasteiger partial charge >= 0.3 is 6.03 Å². The molecule has 1 aromatic carbocycles. The van der Waals surface area contributed by atoms with E-state index in [0.717, 1.165) is 30.8 Å². The van der Waals surface area contributed by atoms with Gasteiger partial charge in [-0.25, -0.2) is 9.78 Å². The van der Waals surface area contributed by atoms with Gasteiger partial charge in [-0.15, -0.1) is 11.3 Å². The average molecular weight is 369 g/mol. The Hall–Kier alpha value is -1.67. The second-order valence-corrected chi connectivity index (χ2v) is 6.48. The van der Waals surface area contributed by atoms with E-state index in [1.165, 1.54) is 11.3 Å². The highest BCUT2D eigenvalue weighted by atomic mass is 35.5. The number of methoxy groups -OCH3 is 1. The number of aryl methyl sites for hydroxylation is 1. The topological polar surface area (TPSA) is 75.3 Å². The molecular formula is C16H21ClN4O2S. The van der Waals surface area contributed by atoms with Crippen LogP contribution in [0.4, 0.5) is 15.6 Å². The van der Waals surface area contributed by atoms with Crippen LogP contribution in [0, 0.1) is 6.92 Å². The van der Waals surface area contributed by atoms with Crippen molar-refractivity contribution in [3.05, 3.63) is 39.9 Å². The summed E-state index contributed by atoms with van der Waals surface area (Å²) in [5, 5.41) is 11.8. The lowest BCUT2D eigenvalue weighted by Crippen LogP contribution is -2.19. The zero-order valence-electron chi connectivity index (χ0n) is 13.7. The third-order valence-corrected chi connectivity index (χ3v) is 4.42. The molecule has 0 unspecified atom stereocenters. The minimum absolute atomic E-state index is 0.344. The van der Waals surface area contributed by atoms with Crippen LogP contribution < -0.4 is 16.0 Å². The standard InChI is InChI=1S/C16H21ClN4O2S/c1-11-4-5-12(8-14(11)17)19-15(22)21-16-20-13(10-24-16)9-18-6-3-7-23-2/h4-5,8,10,18H,3,6-7,9H2,1-2H3,(H2,19,20,21,22). The number of anilines is 2. The molecule has 0 aliphatic heterocycles. The van der Waals surface area contributed by atoms with Crippen LogP contribution in [0.1, 0.15) is 17.7 Å². The number of aromatic nitrogens is 1. The maximum Gasteiger partial charge on any atom is 0.325 e. The highest BCUT2D eigenvalue weighted by Gasteiger charge is 2.07. The molecule has 0 fully saturated rings. The number of benzene rings is 1. The van der Waals surface area contributed by atoms with Crippen molar-refractivity contribution in [2.75, 3.05) is 30.9 Å². The van der Waals surface area contributed by atoms with E-state index in [4.69, 9.17) is 16.3 Å². The van der Waals surface area contributed by atoms with Gasteiger partial charge in [0.2, 0.25) is 0 Å². The smallest absolute Gasteiger partial charge is 0.325 e. The van der Waals surface area contributed by atoms with Crippen LogP contribution in [-0.2, 0) is 11.3 Å². The molecular weight excluding hydrogens is 348 g/mol. The predicted octanol–water partition coefficient (Wildman–Crippen LogP) is 3.88. The summed E-state index contributed by atoms with van der Waals surface area (Å²) in [7, 11) is 1.69. The van der Waals surface area contributed by atoms with Crippen molar-refractivity contribution >= 4 is 39.8 Å². The number of nitrogens with zero attached hydrogens (tertiary/aromatic N) is 1. The lowest BCUT2D eigenvalue weighted by atomic mass is 10.2. The van der Waals surface area contributed by atoms with Gasteiger partial charge < -0.3 is 15.4 Å². The molecule has 3 N–H and O–H groups in total. The monoisotopic (exact) mass is 368 g/mol. The molecule has 1 aromatic heterocycles. The SMILES string of the molecule is COCCCNCc1csc(NC(=O)Nc2ccc(C)c(Cl)c2)n1. The summed E-state index contributed by atoms with van der Waals surface area (Å²) in [4.78, 5) is 16.4. The van der Waals surface area contributed by atoms with Crippen LogP contribution in [0.15, 0.2) is 23.6 Å². The normalized spacial score (nSPS) is 10.6. The summed E-state index contributed by atoms with van der Waals surface area (Å²) in [6.07, 6.45) is 0.952. The van der Waals surface area contributed by atoms with Crippen LogP contribution in [-0.4, -0.2) is 31.3 Å². The van der Waals surface area contributed by atoms with Crippen molar-refractivity contribution in [1.82, 2.24) is 10.3 Å². The zero-order valence-corrected chi connectivity index (χ0v) is 15.3. The molecule has 0 aliphatic rings. The lowest BCUT2D eigenvalue weighted by molar-refractivity contribution is 0.194. The molecule has 0 aliphatic carbocycles. The fraction of sp³-hybridized carbons (Fsp3) is 0.375. The molecule has 24 heavy (non-hydrogen) atoms. The van der Waals surface area contributed by atoms with Crippen molar-refractivity contribution < 1.29 is 9.53 Å². The number of hydrogen-bond acceptors (Lipinski definition) is 5. The van der Waals surface area contributed by atoms with E-state index < -0.39 is 0 Å². The van der Waals surface area contributed by atoms with E-state index in [9.17, 15) is 4.79 Å². The van der Waals surface area contributed by atoms with Gasteiger partial charge in [0.25, 0.3) is 0 Å². The summed E-state index contributed by atoms with van der Waals surface area (Å²) in [6.45, 7) is 4.17. The van der Waals surface area contributed by atoms with E-state index in [1.807, 2.05) is 18.4 Å². The Bertz CT molecular complexity index is 678. The molecule has 0 spiro atoms. The maximum atomic E-state index is 12.0. The van der Waals surface area contributed by atoms with Gasteiger partial charge in [-0.05, 0) is 37.6 Å². The number of thiazole rings is 1. The van der Waals surface area contributed by atoms with Crippen molar-refractivity contribution in [1.29, 1.82) is 0 Å². The Kier molecular flexibility index (Phi) is 7.45. The largest absolute Gasteiger partial charge is 0.385 e. The van der Waals surface area contributed by atoms with E-state index >= 15 is 0 Å². The van der Waals surface area contributed by atoms with Gasteiger partial charge in [0.05, 0.1) is 5.69 Å². The van der Waals surface area contributed by atoms with E-state index in [1.54, 1.807) is 19.2 Å². The molecule has 6 nitrogen and oxygen atoms in total. The van der Waals surface area contributed by atoms with Crippen molar-refractivity contribution in [2.45, 2.75) is 19.9 Å². The number of carbonyl (C=O) groups excluding carboxylic acids is 1. The molecule has 8 heteroatoms. The molecule has 2 rings (SSSR count). The molecule has 2 amide bonds. The number of urea groups is 1. The molecule has 0 saturated heterocycles. The number of nitrogens with one attached hydrogen (secondary N) is 3. The van der Waals surface area contributed by atoms with E-state index in [2.05, 4.69) is 20.9 Å². The highest BCUT2D eigenvalue weighted by molar-refractivity contribution is 7.13. The molecule has 1 heterocycles. The Labute approximate surface area is 150 Å². The number of rotatable bonds is 8. The van der Waals surface area contributed by atoms with Crippen LogP contribution in [0.2, 0.25) is 5.02 Å². The first-order valence-electron chi connectivity index (χ1n) is 7.56. The van der Waals surface area contributed by atoms with E-state index in [0.29, 0.717) is 22.4 Å². The molecule has 0 atom stereocenters. The first-order chi connectivity index (χ1) is 11.6. The van der Waals surface area contributed by atoms with Crippen molar-refractivity contribution in [3.8, 4) is 0 Å². The number of amides is 2. The van der Waals surface area contributed by atoms with Crippen molar-refractivity contribution in [2.24, 2.45) is 0 Å². The van der Waals surface area contributed by atoms with Gasteiger partial charge in [0.1, 0.15) is 0 Å². The molecule has 0 radical (unpaired) electrons. The summed E-state index contributed by atoms with van der Waals surface area (Å²) in [5.74, 6) is 0. The first kappa shape index (κ1) is 18.7. The Morgan fingerprint density at radius 3 is 2.96 bits per heavy atom. The van der Waals surface area contributed by atoms with Crippen LogP contribution in [0.3, 0.4) is 0 Å². The quantitative estimate of drug-likeness (QED) is 0.618. The minimum Gasteiger partial charge on any atom is -0.385 e. The third-order valence-electron chi connectivity index (χ3n) is 3.21. The van der Waals surface area contributed by atoms with Crippen LogP contribution in [0.25, 0.3) is 0 Å². The van der Waals surface area contributed by atoms with Gasteiger partial charge in [0.15, 0.2) is 5.13 Å². The predicted molar refractivity (Wildman–Crippen MR) is 99.1 cm³/mol. The minimum atomic E-state index is -0.344. The number of carbonyl (C=O) groups is 1. The highest BCUT2D eigenvalue weighted by Crippen LogP contribution is 2.20. The lowest BCUT2D eigenvalue weighted by Gasteiger charge is -2.07. The number of halogens is 1. The Balaban J connectivity index is 1.78. The number of hydrogen-bond donors (Lipinski definition) is 3. The maximum absolute atomic E-state index is 12.0. The number of ether oxygens (including phenoxy) is 1. The molecule has 2 aromatic rings. The average Bonchev–Trinajstić information content (AvgIpc) is 2.98. The van der Waals surface area contributed by atoms with Gasteiger partial charge in [-0.2, -0.15) is 0 Å². The third kappa shape index (κ3) is 6.09. The summed E-state index contributed by atoms with van der Waals surface area (Å²) in [5.41, 5.74) is 2.50. The first-order valence-corrected chi connectivity index (χ1v) is 8.82. The van der Waals surface area contributed by atoms with Gasteiger partial charge in [-0.3, -0.25) is 5.32 Å². The Morgan fingerprint density at radius 1 is 1.38 bits per heavy atom. The summed E-state index contributed by atoms with van der Waals surface area (Å²) >= 11 is 7.43.